The zero-order valence-electron chi connectivity index (χ0n) is 16.1. The second-order valence-electron chi connectivity index (χ2n) is 7.20. The third-order valence-electron chi connectivity index (χ3n) is 5.01. The summed E-state index contributed by atoms with van der Waals surface area (Å²) < 4.78 is 6.85. The first-order chi connectivity index (χ1) is 14.0. The van der Waals surface area contributed by atoms with Crippen molar-refractivity contribution in [3.63, 3.8) is 0 Å². The van der Waals surface area contributed by atoms with Gasteiger partial charge in [-0.05, 0) is 70.8 Å². The van der Waals surface area contributed by atoms with Crippen molar-refractivity contribution >= 4 is 40.5 Å². The number of hydrogen-bond donors (Lipinski definition) is 2. The number of carboxylic acid groups (broad SMARTS) is 1. The molecule has 2 aromatic carbocycles. The van der Waals surface area contributed by atoms with E-state index in [9.17, 15) is 14.7 Å². The van der Waals surface area contributed by atoms with E-state index in [2.05, 4.69) is 27.9 Å². The maximum absolute atomic E-state index is 12.2. The van der Waals surface area contributed by atoms with Crippen LogP contribution >= 0.6 is 22.6 Å². The van der Waals surface area contributed by atoms with E-state index >= 15 is 0 Å². The molecule has 0 unspecified atom stereocenters. The van der Waals surface area contributed by atoms with Gasteiger partial charge in [0, 0.05) is 6.42 Å². The third kappa shape index (κ3) is 6.59. The van der Waals surface area contributed by atoms with Gasteiger partial charge in [-0.2, -0.15) is 0 Å². The Labute approximate surface area is 184 Å². The van der Waals surface area contributed by atoms with Crippen LogP contribution in [-0.2, 0) is 9.59 Å². The molecule has 0 atom stereocenters. The summed E-state index contributed by atoms with van der Waals surface area (Å²) in [4.78, 5) is 23.7. The van der Waals surface area contributed by atoms with Crippen LogP contribution in [0.3, 0.4) is 0 Å². The molecule has 3 rings (SSSR count). The summed E-state index contributed by atoms with van der Waals surface area (Å²) in [7, 11) is 0. The number of carbonyl (C=O) groups excluding carboxylic acids is 1. The predicted molar refractivity (Wildman–Crippen MR) is 121 cm³/mol. The van der Waals surface area contributed by atoms with Crippen molar-refractivity contribution in [3.8, 4) is 11.5 Å². The van der Waals surface area contributed by atoms with Crippen molar-refractivity contribution < 1.29 is 19.4 Å². The lowest BCUT2D eigenvalue weighted by Crippen LogP contribution is -2.27. The molecular weight excluding hydrogens is 481 g/mol. The van der Waals surface area contributed by atoms with Gasteiger partial charge in [-0.1, -0.05) is 49.9 Å². The Morgan fingerprint density at radius 2 is 1.79 bits per heavy atom. The Hall–Kier alpha value is -2.35. The number of aliphatic carboxylic acids is 1. The number of carbonyl (C=O) groups is 2. The van der Waals surface area contributed by atoms with E-state index in [1.165, 1.54) is 31.8 Å². The Balaban J connectivity index is 1.61. The summed E-state index contributed by atoms with van der Waals surface area (Å²) in [6.45, 7) is 0. The highest BCUT2D eigenvalue weighted by atomic mass is 127. The number of nitrogens with one attached hydrogen (secondary N) is 1. The number of carboxylic acids is 1. The normalized spacial score (nSPS) is 14.6. The Bertz CT molecular complexity index is 886. The fraction of sp³-hybridized carbons (Fsp3) is 0.304. The first-order valence-electron chi connectivity index (χ1n) is 9.78. The van der Waals surface area contributed by atoms with Gasteiger partial charge in [0.1, 0.15) is 17.2 Å². The quantitative estimate of drug-likeness (QED) is 0.362. The van der Waals surface area contributed by atoms with Crippen molar-refractivity contribution in [2.45, 2.75) is 38.5 Å². The highest BCUT2D eigenvalue weighted by molar-refractivity contribution is 14.1. The fourth-order valence-corrected chi connectivity index (χ4v) is 3.95. The summed E-state index contributed by atoms with van der Waals surface area (Å²) in [5, 5.41) is 12.0. The van der Waals surface area contributed by atoms with Crippen molar-refractivity contribution in [1.29, 1.82) is 0 Å². The molecule has 2 N–H and O–H groups in total. The molecule has 1 amide bonds. The summed E-state index contributed by atoms with van der Waals surface area (Å²) in [6, 6.07) is 14.8. The van der Waals surface area contributed by atoms with Crippen LogP contribution in [0.4, 0.5) is 0 Å². The molecule has 0 heterocycles. The Morgan fingerprint density at radius 1 is 1.10 bits per heavy atom. The lowest BCUT2D eigenvalue weighted by atomic mass is 10.0. The Morgan fingerprint density at radius 3 is 2.45 bits per heavy atom. The number of amides is 1. The van der Waals surface area contributed by atoms with Crippen molar-refractivity contribution in [3.05, 3.63) is 63.4 Å². The van der Waals surface area contributed by atoms with E-state index in [-0.39, 0.29) is 11.6 Å². The zero-order chi connectivity index (χ0) is 20.6. The topological polar surface area (TPSA) is 75.6 Å². The molecule has 0 aromatic heterocycles. The summed E-state index contributed by atoms with van der Waals surface area (Å²) in [5.41, 5.74) is 0.557. The maximum atomic E-state index is 12.2. The molecule has 0 saturated heterocycles. The van der Waals surface area contributed by atoms with Gasteiger partial charge in [-0.25, -0.2) is 4.79 Å². The van der Waals surface area contributed by atoms with E-state index in [0.717, 1.165) is 15.7 Å². The van der Waals surface area contributed by atoms with E-state index < -0.39 is 5.97 Å². The molecule has 29 heavy (non-hydrogen) atoms. The number of benzene rings is 2. The molecule has 1 saturated carbocycles. The molecule has 1 aliphatic rings. The molecule has 0 aliphatic heterocycles. The minimum absolute atomic E-state index is 0.118. The van der Waals surface area contributed by atoms with E-state index in [4.69, 9.17) is 4.74 Å². The SMILES string of the molecule is O=C(CCC1CCCC1)N/C(=C/c1ccc(Oc2ccccc2I)cc1)C(=O)O. The molecule has 0 radical (unpaired) electrons. The maximum Gasteiger partial charge on any atom is 0.352 e. The molecule has 152 valence electrons. The van der Waals surface area contributed by atoms with Gasteiger partial charge >= 0.3 is 5.97 Å². The van der Waals surface area contributed by atoms with Crippen LogP contribution < -0.4 is 10.1 Å². The van der Waals surface area contributed by atoms with Crippen LogP contribution in [-0.4, -0.2) is 17.0 Å². The molecule has 0 spiro atoms. The zero-order valence-corrected chi connectivity index (χ0v) is 18.2. The van der Waals surface area contributed by atoms with Crippen LogP contribution in [0.15, 0.2) is 54.2 Å². The molecule has 2 aromatic rings. The third-order valence-corrected chi connectivity index (χ3v) is 5.91. The van der Waals surface area contributed by atoms with Crippen molar-refractivity contribution in [2.24, 2.45) is 5.92 Å². The summed E-state index contributed by atoms with van der Waals surface area (Å²) in [5.74, 6) is 0.613. The standard InChI is InChI=1S/C23H24INO4/c24-19-7-3-4-8-21(19)29-18-12-9-17(10-13-18)15-20(23(27)28)25-22(26)14-11-16-5-1-2-6-16/h3-4,7-10,12-13,15-16H,1-2,5-6,11,14H2,(H,25,26)(H,27,28)/b20-15+. The highest BCUT2D eigenvalue weighted by Crippen LogP contribution is 2.29. The molecule has 6 heteroatoms. The van der Waals surface area contributed by atoms with Gasteiger partial charge in [-0.3, -0.25) is 4.79 Å². The molecule has 1 fully saturated rings. The van der Waals surface area contributed by atoms with Crippen LogP contribution in [0, 0.1) is 9.49 Å². The van der Waals surface area contributed by atoms with Gasteiger partial charge in [-0.15, -0.1) is 0 Å². The fourth-order valence-electron chi connectivity index (χ4n) is 3.45. The number of rotatable bonds is 8. The van der Waals surface area contributed by atoms with Crippen molar-refractivity contribution in [2.75, 3.05) is 0 Å². The van der Waals surface area contributed by atoms with E-state index in [1.54, 1.807) is 24.3 Å². The number of hydrogen-bond acceptors (Lipinski definition) is 3. The summed E-state index contributed by atoms with van der Waals surface area (Å²) >= 11 is 2.21. The monoisotopic (exact) mass is 505 g/mol. The molecule has 0 bridgehead atoms. The minimum Gasteiger partial charge on any atom is -0.477 e. The van der Waals surface area contributed by atoms with Gasteiger partial charge < -0.3 is 15.2 Å². The highest BCUT2D eigenvalue weighted by Gasteiger charge is 2.17. The second kappa shape index (κ2) is 10.4. The molecule has 1 aliphatic carbocycles. The van der Waals surface area contributed by atoms with E-state index in [1.807, 2.05) is 24.3 Å². The first kappa shape index (κ1) is 21.4. The van der Waals surface area contributed by atoms with Crippen LogP contribution in [0.25, 0.3) is 6.08 Å². The number of halogens is 1. The van der Waals surface area contributed by atoms with Crippen LogP contribution in [0.5, 0.6) is 11.5 Å². The van der Waals surface area contributed by atoms with Crippen molar-refractivity contribution in [1.82, 2.24) is 5.32 Å². The number of para-hydroxylation sites is 1. The van der Waals surface area contributed by atoms with Gasteiger partial charge in [0.05, 0.1) is 3.57 Å². The molecular formula is C23H24INO4. The van der Waals surface area contributed by atoms with Gasteiger partial charge in [0.2, 0.25) is 5.91 Å². The average molecular weight is 505 g/mol. The lowest BCUT2D eigenvalue weighted by Gasteiger charge is -2.10. The number of ether oxygens (including phenoxy) is 1. The van der Waals surface area contributed by atoms with Crippen LogP contribution in [0.2, 0.25) is 0 Å². The first-order valence-corrected chi connectivity index (χ1v) is 10.9. The predicted octanol–water partition coefficient (Wildman–Crippen LogP) is 5.60. The average Bonchev–Trinajstić information content (AvgIpc) is 3.23. The molecule has 5 nitrogen and oxygen atoms in total. The van der Waals surface area contributed by atoms with Gasteiger partial charge in [0.25, 0.3) is 0 Å². The van der Waals surface area contributed by atoms with Gasteiger partial charge in [0.15, 0.2) is 0 Å². The largest absolute Gasteiger partial charge is 0.477 e. The lowest BCUT2D eigenvalue weighted by molar-refractivity contribution is -0.134. The minimum atomic E-state index is -1.15. The smallest absolute Gasteiger partial charge is 0.352 e. The van der Waals surface area contributed by atoms with Crippen LogP contribution in [0.1, 0.15) is 44.1 Å². The second-order valence-corrected chi connectivity index (χ2v) is 8.36. The Kier molecular flexibility index (Phi) is 7.69. The summed E-state index contributed by atoms with van der Waals surface area (Å²) in [6.07, 6.45) is 7.45. The van der Waals surface area contributed by atoms with E-state index in [0.29, 0.717) is 23.7 Å².